The van der Waals surface area contributed by atoms with Crippen LogP contribution < -0.4 is 42.5 Å². The second-order valence-electron chi connectivity index (χ2n) is 15.8. The number of alkyl halides is 2. The topological polar surface area (TPSA) is 96.2 Å². The molecular formula is C32H57AlCl2N8. The Balaban J connectivity index is 0.00000278. The summed E-state index contributed by atoms with van der Waals surface area (Å²) in [5.74, 6) is 4.93. The summed E-state index contributed by atoms with van der Waals surface area (Å²) in [6.07, 6.45) is 20.8. The molecule has 11 heteroatoms. The molecule has 0 amide bonds. The third-order valence-corrected chi connectivity index (χ3v) is 15.1. The zero-order valence-electron chi connectivity index (χ0n) is 25.0. The number of fused-ring (bicyclic) bond motifs is 20. The molecule has 8 N–H and O–H groups in total. The van der Waals surface area contributed by atoms with E-state index in [9.17, 15) is 0 Å². The minimum absolute atomic E-state index is 0. The van der Waals surface area contributed by atoms with Crippen LogP contribution in [-0.2, 0) is 0 Å². The molecule has 8 nitrogen and oxygen atoms in total. The van der Waals surface area contributed by atoms with Gasteiger partial charge in [0.1, 0.15) is 0 Å². The van der Waals surface area contributed by atoms with Crippen LogP contribution >= 0.6 is 23.2 Å². The van der Waals surface area contributed by atoms with Crippen molar-refractivity contribution in [3.63, 3.8) is 0 Å². The van der Waals surface area contributed by atoms with Gasteiger partial charge in [-0.3, -0.25) is 42.5 Å². The second-order valence-corrected chi connectivity index (χ2v) is 16.8. The average molecular weight is 652 g/mol. The van der Waals surface area contributed by atoms with Crippen molar-refractivity contribution >= 4 is 40.6 Å². The van der Waals surface area contributed by atoms with Crippen molar-refractivity contribution in [1.29, 1.82) is 0 Å². The first-order valence-corrected chi connectivity index (χ1v) is 18.9. The van der Waals surface area contributed by atoms with Gasteiger partial charge in [0.05, 0.1) is 60.1 Å². The largest absolute Gasteiger partial charge is 0.286 e. The van der Waals surface area contributed by atoms with E-state index in [2.05, 4.69) is 42.5 Å². The number of halogens is 2. The zero-order valence-corrected chi connectivity index (χ0v) is 26.6. The Morgan fingerprint density at radius 2 is 0.605 bits per heavy atom. The Hall–Kier alpha value is 0.792. The highest BCUT2D eigenvalue weighted by Crippen LogP contribution is 2.47. The molecule has 0 aromatic heterocycles. The smallest absolute Gasteiger partial charge is 0.187 e. The molecule has 9 aliphatic rings. The summed E-state index contributed by atoms with van der Waals surface area (Å²) < 4.78 is 0. The van der Waals surface area contributed by atoms with E-state index in [-0.39, 0.29) is 40.4 Å². The Morgan fingerprint density at radius 1 is 0.326 bits per heavy atom. The van der Waals surface area contributed by atoms with Gasteiger partial charge in [0.15, 0.2) is 17.4 Å². The minimum atomic E-state index is -0.0154. The molecule has 242 valence electrons. The Kier molecular flexibility index (Phi) is 9.16. The molecule has 4 saturated carbocycles. The molecule has 18 unspecified atom stereocenters. The van der Waals surface area contributed by atoms with Gasteiger partial charge in [-0.2, -0.15) is 0 Å². The van der Waals surface area contributed by atoms with Crippen LogP contribution in [0.2, 0.25) is 0 Å². The second kappa shape index (κ2) is 12.7. The molecular weight excluding hydrogens is 594 g/mol. The maximum atomic E-state index is 7.21. The van der Waals surface area contributed by atoms with Crippen molar-refractivity contribution in [2.45, 2.75) is 150 Å². The van der Waals surface area contributed by atoms with Crippen LogP contribution in [-0.4, -0.2) is 77.4 Å². The van der Waals surface area contributed by atoms with E-state index >= 15 is 0 Å². The van der Waals surface area contributed by atoms with E-state index in [1.54, 1.807) is 0 Å². The van der Waals surface area contributed by atoms with E-state index < -0.39 is 0 Å². The van der Waals surface area contributed by atoms with E-state index in [4.69, 9.17) is 23.2 Å². The molecule has 18 atom stereocenters. The highest BCUT2D eigenvalue weighted by molar-refractivity contribution is 6.30. The first-order valence-electron chi connectivity index (χ1n) is 18.0. The lowest BCUT2D eigenvalue weighted by molar-refractivity contribution is 0.169. The first-order chi connectivity index (χ1) is 20.6. The van der Waals surface area contributed by atoms with Crippen molar-refractivity contribution in [2.24, 2.45) is 47.3 Å². The summed E-state index contributed by atoms with van der Waals surface area (Å²) in [6.45, 7) is 0. The maximum Gasteiger partial charge on any atom is 0.187 e. The van der Waals surface area contributed by atoms with E-state index in [1.165, 1.54) is 77.0 Å². The number of rotatable bonds is 0. The van der Waals surface area contributed by atoms with Gasteiger partial charge in [0.25, 0.3) is 0 Å². The lowest BCUT2D eigenvalue weighted by Gasteiger charge is -2.39. The number of nitrogens with one attached hydrogen (secondary N) is 8. The Morgan fingerprint density at radius 3 is 0.930 bits per heavy atom. The summed E-state index contributed by atoms with van der Waals surface area (Å²) in [5, 5.41) is 33.4. The zero-order chi connectivity index (χ0) is 27.9. The van der Waals surface area contributed by atoms with Gasteiger partial charge in [-0.15, -0.1) is 23.2 Å². The van der Waals surface area contributed by atoms with E-state index in [0.717, 1.165) is 12.8 Å². The molecule has 9 rings (SSSR count). The normalized spacial score (nSPS) is 57.6. The summed E-state index contributed by atoms with van der Waals surface area (Å²) >= 11 is 14.1. The molecule has 43 heavy (non-hydrogen) atoms. The fourth-order valence-electron chi connectivity index (χ4n) is 11.9. The quantitative estimate of drug-likeness (QED) is 0.149. The molecule has 8 bridgehead atoms. The SMILES string of the molecule is ClC1CCC2C3NC4NC(NC5NC(NC6NC(NC(N3)C2C1Cl)C1CCCCC61)C1CCCCC51)C1CCCCC41.[AlH3]. The van der Waals surface area contributed by atoms with Crippen LogP contribution in [0.25, 0.3) is 0 Å². The average Bonchev–Trinajstić information content (AvgIpc) is 3.74. The molecule has 5 aliphatic heterocycles. The molecule has 0 aromatic carbocycles. The van der Waals surface area contributed by atoms with Gasteiger partial charge in [-0.25, -0.2) is 0 Å². The lowest BCUT2D eigenvalue weighted by atomic mass is 9.76. The highest BCUT2D eigenvalue weighted by Gasteiger charge is 2.56. The minimum Gasteiger partial charge on any atom is -0.286 e. The lowest BCUT2D eigenvalue weighted by Crippen LogP contribution is -2.62. The highest BCUT2D eigenvalue weighted by atomic mass is 35.5. The third kappa shape index (κ3) is 5.40. The maximum absolute atomic E-state index is 7.21. The van der Waals surface area contributed by atoms with Crippen LogP contribution in [0.1, 0.15) is 89.9 Å². The van der Waals surface area contributed by atoms with Crippen molar-refractivity contribution in [1.82, 2.24) is 42.5 Å². The van der Waals surface area contributed by atoms with Gasteiger partial charge in [-0.05, 0) is 92.8 Å². The summed E-state index contributed by atoms with van der Waals surface area (Å²) in [7, 11) is 0. The molecule has 4 aliphatic carbocycles. The number of hydrogen-bond donors (Lipinski definition) is 8. The van der Waals surface area contributed by atoms with Crippen LogP contribution in [0.5, 0.6) is 0 Å². The van der Waals surface area contributed by atoms with Crippen LogP contribution in [0.3, 0.4) is 0 Å². The Bertz CT molecular complexity index is 995. The van der Waals surface area contributed by atoms with Crippen molar-refractivity contribution in [3.8, 4) is 0 Å². The van der Waals surface area contributed by atoms with Crippen molar-refractivity contribution in [2.75, 3.05) is 0 Å². The van der Waals surface area contributed by atoms with Gasteiger partial charge in [0, 0.05) is 5.92 Å². The summed E-state index contributed by atoms with van der Waals surface area (Å²) in [6, 6.07) is 0. The molecule has 9 fully saturated rings. The number of hydrogen-bond acceptors (Lipinski definition) is 8. The third-order valence-electron chi connectivity index (χ3n) is 13.9. The molecule has 5 heterocycles. The predicted octanol–water partition coefficient (Wildman–Crippen LogP) is 1.86. The fraction of sp³-hybridized carbons (Fsp3) is 1.00. The van der Waals surface area contributed by atoms with Crippen LogP contribution in [0.15, 0.2) is 0 Å². The summed E-state index contributed by atoms with van der Waals surface area (Å²) in [5.41, 5.74) is 0. The van der Waals surface area contributed by atoms with Crippen LogP contribution in [0.4, 0.5) is 0 Å². The molecule has 5 saturated heterocycles. The van der Waals surface area contributed by atoms with Gasteiger partial charge in [0.2, 0.25) is 0 Å². The van der Waals surface area contributed by atoms with E-state index in [0.29, 0.717) is 84.3 Å². The molecule has 0 aromatic rings. The fourth-order valence-corrected chi connectivity index (χ4v) is 12.7. The molecule has 0 spiro atoms. The van der Waals surface area contributed by atoms with Gasteiger partial charge in [-0.1, -0.05) is 38.5 Å². The van der Waals surface area contributed by atoms with Crippen molar-refractivity contribution < 1.29 is 0 Å². The monoisotopic (exact) mass is 650 g/mol. The standard InChI is InChI=1S/C32H54Cl2N8.Al.3H/c33-22-14-13-21-23(24(22)34)32-41-30-20-12-6-5-11-19(20)28(39-30)37-26-16-8-2-1-7-15(16)25(35-26)36-27-17-9-3-4-10-18(17)29(38-27)40-31(21)42-32;;;;/h15-32,35-42H,1-14H2;;;;. The first kappa shape index (κ1) is 31.1. The molecule has 0 radical (unpaired) electrons. The van der Waals surface area contributed by atoms with E-state index in [1.807, 2.05) is 0 Å². The van der Waals surface area contributed by atoms with Crippen LogP contribution in [0, 0.1) is 47.3 Å². The van der Waals surface area contributed by atoms with Crippen molar-refractivity contribution in [3.05, 3.63) is 0 Å². The summed E-state index contributed by atoms with van der Waals surface area (Å²) in [4.78, 5) is 0. The predicted molar refractivity (Wildman–Crippen MR) is 177 cm³/mol. The Labute approximate surface area is 279 Å². The van der Waals surface area contributed by atoms with Gasteiger partial charge < -0.3 is 0 Å². The van der Waals surface area contributed by atoms with Gasteiger partial charge >= 0.3 is 0 Å².